The summed E-state index contributed by atoms with van der Waals surface area (Å²) in [4.78, 5) is 6.96. The van der Waals surface area contributed by atoms with Crippen molar-refractivity contribution in [2.45, 2.75) is 51.7 Å². The van der Waals surface area contributed by atoms with Crippen molar-refractivity contribution >= 4 is 29.9 Å². The van der Waals surface area contributed by atoms with Crippen LogP contribution >= 0.6 is 24.0 Å². The minimum absolute atomic E-state index is 0. The number of hydrogen-bond acceptors (Lipinski definition) is 4. The molecule has 7 heteroatoms. The Hall–Kier alpha value is -0.120. The molecule has 0 bridgehead atoms. The van der Waals surface area contributed by atoms with Crippen molar-refractivity contribution in [1.82, 2.24) is 10.2 Å². The molecule has 0 radical (unpaired) electrons. The zero-order valence-corrected chi connectivity index (χ0v) is 17.4. The smallest absolute Gasteiger partial charge is 0.193 e. The Morgan fingerprint density at radius 3 is 2.71 bits per heavy atom. The average Bonchev–Trinajstić information content (AvgIpc) is 3.10. The Morgan fingerprint density at radius 1 is 1.38 bits per heavy atom. The van der Waals surface area contributed by atoms with E-state index in [1.165, 1.54) is 6.42 Å². The van der Waals surface area contributed by atoms with E-state index in [1.54, 1.807) is 0 Å². The van der Waals surface area contributed by atoms with Crippen molar-refractivity contribution in [3.63, 3.8) is 0 Å². The van der Waals surface area contributed by atoms with Crippen LogP contribution in [0.5, 0.6) is 0 Å². The van der Waals surface area contributed by atoms with E-state index >= 15 is 0 Å². The lowest BCUT2D eigenvalue weighted by atomic mass is 10.1. The summed E-state index contributed by atoms with van der Waals surface area (Å²) < 4.78 is 11.6. The summed E-state index contributed by atoms with van der Waals surface area (Å²) in [5.74, 6) is 1.17. The number of nitrogens with one attached hydrogen (secondary N) is 1. The molecule has 2 fully saturated rings. The zero-order chi connectivity index (χ0) is 16.5. The topological polar surface area (TPSA) is 66.3 Å². The minimum Gasteiger partial charge on any atom is -0.396 e. The van der Waals surface area contributed by atoms with E-state index in [1.807, 2.05) is 6.92 Å². The molecule has 0 saturated carbocycles. The van der Waals surface area contributed by atoms with Crippen LogP contribution in [0.25, 0.3) is 0 Å². The maximum absolute atomic E-state index is 9.14. The summed E-state index contributed by atoms with van der Waals surface area (Å²) >= 11 is 0. The highest BCUT2D eigenvalue weighted by Crippen LogP contribution is 2.17. The molecule has 0 aromatic carbocycles. The quantitative estimate of drug-likeness (QED) is 0.349. The fourth-order valence-electron chi connectivity index (χ4n) is 2.98. The lowest BCUT2D eigenvalue weighted by molar-refractivity contribution is -0.0367. The predicted octanol–water partition coefficient (Wildman–Crippen LogP) is 1.86. The summed E-state index contributed by atoms with van der Waals surface area (Å²) in [7, 11) is 0. The third-order valence-corrected chi connectivity index (χ3v) is 4.48. The van der Waals surface area contributed by atoms with Gasteiger partial charge in [-0.3, -0.25) is 4.99 Å². The molecule has 2 unspecified atom stereocenters. The molecule has 2 N–H and O–H groups in total. The van der Waals surface area contributed by atoms with Gasteiger partial charge in [0.2, 0.25) is 0 Å². The molecule has 0 aliphatic carbocycles. The summed E-state index contributed by atoms with van der Waals surface area (Å²) in [5.41, 5.74) is 0. The summed E-state index contributed by atoms with van der Waals surface area (Å²) in [6.07, 6.45) is 5.03. The van der Waals surface area contributed by atoms with Crippen molar-refractivity contribution in [2.75, 3.05) is 46.0 Å². The SMILES string of the molecule is CCNC(=NCC(C)CO)N1CCC(OCC2CCCO2)CC1.I. The second-order valence-electron chi connectivity index (χ2n) is 6.64. The molecular weight excluding hydrogens is 421 g/mol. The molecule has 2 heterocycles. The first-order chi connectivity index (χ1) is 11.2. The summed E-state index contributed by atoms with van der Waals surface area (Å²) in [5, 5.41) is 12.5. The van der Waals surface area contributed by atoms with Gasteiger partial charge in [0.15, 0.2) is 5.96 Å². The van der Waals surface area contributed by atoms with Gasteiger partial charge in [-0.15, -0.1) is 24.0 Å². The molecule has 142 valence electrons. The van der Waals surface area contributed by atoms with E-state index in [0.29, 0.717) is 18.8 Å². The zero-order valence-electron chi connectivity index (χ0n) is 15.1. The van der Waals surface area contributed by atoms with Crippen LogP contribution in [-0.2, 0) is 9.47 Å². The number of likely N-dealkylation sites (tertiary alicyclic amines) is 1. The van der Waals surface area contributed by atoms with Crippen LogP contribution in [0, 0.1) is 5.92 Å². The number of ether oxygens (including phenoxy) is 2. The highest BCUT2D eigenvalue weighted by Gasteiger charge is 2.24. The maximum Gasteiger partial charge on any atom is 0.193 e. The molecule has 2 saturated heterocycles. The Bertz CT molecular complexity index is 357. The van der Waals surface area contributed by atoms with E-state index in [4.69, 9.17) is 14.6 Å². The van der Waals surface area contributed by atoms with Crippen molar-refractivity contribution in [3.05, 3.63) is 0 Å². The molecule has 2 atom stereocenters. The van der Waals surface area contributed by atoms with Crippen molar-refractivity contribution in [3.8, 4) is 0 Å². The average molecular weight is 455 g/mol. The molecule has 6 nitrogen and oxygen atoms in total. The number of aliphatic hydroxyl groups is 1. The molecule has 0 spiro atoms. The standard InChI is InChI=1S/C17H33N3O3.HI/c1-3-18-17(19-11-14(2)12-21)20-8-6-15(7-9-20)23-13-16-5-4-10-22-16;/h14-16,21H,3-13H2,1-2H3,(H,18,19);1H. The van der Waals surface area contributed by atoms with E-state index < -0.39 is 0 Å². The van der Waals surface area contributed by atoms with Gasteiger partial charge < -0.3 is 24.8 Å². The molecule has 2 aliphatic heterocycles. The van der Waals surface area contributed by atoms with Crippen LogP contribution in [0.15, 0.2) is 4.99 Å². The van der Waals surface area contributed by atoms with E-state index in [-0.39, 0.29) is 36.5 Å². The second kappa shape index (κ2) is 12.3. The molecule has 0 amide bonds. The van der Waals surface area contributed by atoms with E-state index in [2.05, 4.69) is 22.1 Å². The monoisotopic (exact) mass is 455 g/mol. The minimum atomic E-state index is 0. The van der Waals surface area contributed by atoms with Crippen LogP contribution in [-0.4, -0.2) is 74.2 Å². The number of aliphatic imine (C=N–C) groups is 1. The van der Waals surface area contributed by atoms with Crippen LogP contribution in [0.3, 0.4) is 0 Å². The fraction of sp³-hybridized carbons (Fsp3) is 0.941. The first-order valence-electron chi connectivity index (χ1n) is 9.10. The van der Waals surface area contributed by atoms with Crippen molar-refractivity contribution in [2.24, 2.45) is 10.9 Å². The third-order valence-electron chi connectivity index (χ3n) is 4.48. The van der Waals surface area contributed by atoms with Gasteiger partial charge in [-0.1, -0.05) is 6.92 Å². The van der Waals surface area contributed by atoms with Gasteiger partial charge in [0.05, 0.1) is 18.8 Å². The highest BCUT2D eigenvalue weighted by molar-refractivity contribution is 14.0. The fourth-order valence-corrected chi connectivity index (χ4v) is 2.98. The van der Waals surface area contributed by atoms with Crippen molar-refractivity contribution < 1.29 is 14.6 Å². The van der Waals surface area contributed by atoms with Crippen LogP contribution in [0.1, 0.15) is 39.5 Å². The Kier molecular flexibility index (Phi) is 11.2. The summed E-state index contributed by atoms with van der Waals surface area (Å²) in [6, 6.07) is 0. The molecule has 0 aromatic rings. The largest absolute Gasteiger partial charge is 0.396 e. The maximum atomic E-state index is 9.14. The van der Waals surface area contributed by atoms with E-state index in [0.717, 1.165) is 58.1 Å². The van der Waals surface area contributed by atoms with Gasteiger partial charge in [0, 0.05) is 39.4 Å². The number of piperidine rings is 1. The molecule has 0 aromatic heterocycles. The number of guanidine groups is 1. The highest BCUT2D eigenvalue weighted by atomic mass is 127. The van der Waals surface area contributed by atoms with Crippen LogP contribution < -0.4 is 5.32 Å². The van der Waals surface area contributed by atoms with Gasteiger partial charge in [0.1, 0.15) is 0 Å². The normalized spacial score (nSPS) is 23.9. The van der Waals surface area contributed by atoms with Gasteiger partial charge in [-0.05, 0) is 38.5 Å². The first-order valence-corrected chi connectivity index (χ1v) is 9.10. The lowest BCUT2D eigenvalue weighted by Crippen LogP contribution is -2.47. The summed E-state index contributed by atoms with van der Waals surface area (Å²) in [6.45, 7) is 9.37. The van der Waals surface area contributed by atoms with E-state index in [9.17, 15) is 0 Å². The predicted molar refractivity (Wildman–Crippen MR) is 107 cm³/mol. The van der Waals surface area contributed by atoms with Crippen LogP contribution in [0.4, 0.5) is 0 Å². The Balaban J connectivity index is 0.00000288. The van der Waals surface area contributed by atoms with Crippen molar-refractivity contribution in [1.29, 1.82) is 0 Å². The number of nitrogens with zero attached hydrogens (tertiary/aromatic N) is 2. The number of aliphatic hydroxyl groups excluding tert-OH is 1. The van der Waals surface area contributed by atoms with Gasteiger partial charge in [-0.25, -0.2) is 0 Å². The first kappa shape index (κ1) is 21.9. The van der Waals surface area contributed by atoms with Gasteiger partial charge in [-0.2, -0.15) is 0 Å². The number of rotatable bonds is 7. The van der Waals surface area contributed by atoms with Crippen LogP contribution in [0.2, 0.25) is 0 Å². The lowest BCUT2D eigenvalue weighted by Gasteiger charge is -2.34. The molecule has 2 aliphatic rings. The molecular formula is C17H34IN3O3. The molecule has 24 heavy (non-hydrogen) atoms. The second-order valence-corrected chi connectivity index (χ2v) is 6.64. The van der Waals surface area contributed by atoms with Gasteiger partial charge in [0.25, 0.3) is 0 Å². The number of halogens is 1. The third kappa shape index (κ3) is 7.41. The number of hydrogen-bond donors (Lipinski definition) is 2. The van der Waals surface area contributed by atoms with Gasteiger partial charge >= 0.3 is 0 Å². The Labute approximate surface area is 163 Å². The Morgan fingerprint density at radius 2 is 2.12 bits per heavy atom. The molecule has 2 rings (SSSR count).